The topological polar surface area (TPSA) is 41.6 Å². The maximum absolute atomic E-state index is 12.4. The Morgan fingerprint density at radius 2 is 2.14 bits per heavy atom. The van der Waals surface area contributed by atoms with E-state index >= 15 is 0 Å². The van der Waals surface area contributed by atoms with Crippen LogP contribution in [-0.4, -0.2) is 49.7 Å². The third-order valence-electron chi connectivity index (χ3n) is 5.46. The molecule has 1 aliphatic heterocycles. The van der Waals surface area contributed by atoms with Crippen LogP contribution < -0.4 is 5.32 Å². The molecule has 1 N–H and O–H groups in total. The lowest BCUT2D eigenvalue weighted by Crippen LogP contribution is -2.54. The van der Waals surface area contributed by atoms with Gasteiger partial charge in [0.1, 0.15) is 5.54 Å². The predicted octanol–water partition coefficient (Wildman–Crippen LogP) is 2.43. The van der Waals surface area contributed by atoms with Crippen LogP contribution in [0.5, 0.6) is 0 Å². The van der Waals surface area contributed by atoms with Crippen LogP contribution in [0.3, 0.4) is 0 Å². The molecule has 0 aromatic carbocycles. The molecule has 21 heavy (non-hydrogen) atoms. The molecule has 1 saturated heterocycles. The largest absolute Gasteiger partial charge is 0.465 e. The molecule has 1 saturated carbocycles. The summed E-state index contributed by atoms with van der Waals surface area (Å²) < 4.78 is 5.34. The summed E-state index contributed by atoms with van der Waals surface area (Å²) in [5.41, 5.74) is 0.0160. The summed E-state index contributed by atoms with van der Waals surface area (Å²) in [5, 5.41) is 3.31. The SMILES string of the molecule is CCOC(=O)C1(NC)CCCC1CCN1CCC(C)(C)C1. The number of likely N-dealkylation sites (N-methyl/N-ethyl adjacent to an activating group) is 1. The fraction of sp³-hybridized carbons (Fsp3) is 0.941. The third kappa shape index (κ3) is 3.59. The van der Waals surface area contributed by atoms with Crippen molar-refractivity contribution in [2.24, 2.45) is 11.3 Å². The Bertz CT molecular complexity index is 370. The zero-order chi connectivity index (χ0) is 15.5. The van der Waals surface area contributed by atoms with Crippen molar-refractivity contribution in [3.05, 3.63) is 0 Å². The Kier molecular flexibility index (Phi) is 5.31. The molecule has 2 atom stereocenters. The molecule has 4 heteroatoms. The molecular formula is C17H32N2O2. The first-order chi connectivity index (χ1) is 9.93. The van der Waals surface area contributed by atoms with Gasteiger partial charge in [-0.25, -0.2) is 0 Å². The van der Waals surface area contributed by atoms with E-state index in [1.165, 1.54) is 19.5 Å². The third-order valence-corrected chi connectivity index (χ3v) is 5.46. The van der Waals surface area contributed by atoms with Crippen LogP contribution in [0.2, 0.25) is 0 Å². The minimum atomic E-state index is -0.439. The standard InChI is InChI=1S/C17H32N2O2/c1-5-21-15(20)17(18-4)9-6-7-14(17)8-11-19-12-10-16(2,3)13-19/h14,18H,5-13H2,1-4H3. The zero-order valence-corrected chi connectivity index (χ0v) is 14.2. The number of ether oxygens (including phenoxy) is 1. The molecule has 2 fully saturated rings. The molecule has 0 aromatic heterocycles. The predicted molar refractivity (Wildman–Crippen MR) is 85.2 cm³/mol. The quantitative estimate of drug-likeness (QED) is 0.764. The summed E-state index contributed by atoms with van der Waals surface area (Å²) >= 11 is 0. The molecule has 2 unspecified atom stereocenters. The molecular weight excluding hydrogens is 264 g/mol. The van der Waals surface area contributed by atoms with E-state index in [-0.39, 0.29) is 5.97 Å². The second kappa shape index (κ2) is 6.66. The molecule has 0 bridgehead atoms. The number of rotatable bonds is 6. The van der Waals surface area contributed by atoms with Gasteiger partial charge in [0.2, 0.25) is 0 Å². The maximum Gasteiger partial charge on any atom is 0.326 e. The molecule has 1 aliphatic carbocycles. The Labute approximate surface area is 129 Å². The average Bonchev–Trinajstić information content (AvgIpc) is 3.00. The van der Waals surface area contributed by atoms with Gasteiger partial charge in [0.15, 0.2) is 0 Å². The summed E-state index contributed by atoms with van der Waals surface area (Å²) in [4.78, 5) is 15.0. The molecule has 0 radical (unpaired) electrons. The zero-order valence-electron chi connectivity index (χ0n) is 14.2. The van der Waals surface area contributed by atoms with Crippen LogP contribution in [-0.2, 0) is 9.53 Å². The van der Waals surface area contributed by atoms with Gasteiger partial charge < -0.3 is 15.0 Å². The van der Waals surface area contributed by atoms with Crippen molar-refractivity contribution in [3.8, 4) is 0 Å². The molecule has 0 aromatic rings. The van der Waals surface area contributed by atoms with Gasteiger partial charge >= 0.3 is 5.97 Å². The fourth-order valence-electron chi connectivity index (χ4n) is 4.18. The Balaban J connectivity index is 1.93. The minimum absolute atomic E-state index is 0.0447. The molecule has 1 heterocycles. The molecule has 122 valence electrons. The highest BCUT2D eigenvalue weighted by atomic mass is 16.5. The van der Waals surface area contributed by atoms with E-state index in [2.05, 4.69) is 24.1 Å². The van der Waals surface area contributed by atoms with Crippen molar-refractivity contribution in [1.29, 1.82) is 0 Å². The van der Waals surface area contributed by atoms with Gasteiger partial charge in [-0.15, -0.1) is 0 Å². The summed E-state index contributed by atoms with van der Waals surface area (Å²) in [6.07, 6.45) is 5.55. The number of hydrogen-bond donors (Lipinski definition) is 1. The monoisotopic (exact) mass is 296 g/mol. The van der Waals surface area contributed by atoms with Gasteiger partial charge in [-0.1, -0.05) is 20.3 Å². The van der Waals surface area contributed by atoms with Crippen LogP contribution in [0.15, 0.2) is 0 Å². The number of hydrogen-bond acceptors (Lipinski definition) is 4. The van der Waals surface area contributed by atoms with Gasteiger partial charge in [0.05, 0.1) is 6.61 Å². The van der Waals surface area contributed by atoms with Gasteiger partial charge in [-0.05, 0) is 64.1 Å². The first-order valence-corrected chi connectivity index (χ1v) is 8.52. The van der Waals surface area contributed by atoms with Crippen molar-refractivity contribution in [2.75, 3.05) is 33.3 Å². The van der Waals surface area contributed by atoms with Crippen molar-refractivity contribution >= 4 is 5.97 Å². The molecule has 4 nitrogen and oxygen atoms in total. The Morgan fingerprint density at radius 3 is 2.71 bits per heavy atom. The highest BCUT2D eigenvalue weighted by molar-refractivity contribution is 5.81. The maximum atomic E-state index is 12.4. The van der Waals surface area contributed by atoms with E-state index in [0.717, 1.165) is 32.2 Å². The van der Waals surface area contributed by atoms with Crippen molar-refractivity contribution in [2.45, 2.75) is 58.4 Å². The molecule has 2 aliphatic rings. The first kappa shape index (κ1) is 16.8. The van der Waals surface area contributed by atoms with Crippen molar-refractivity contribution in [1.82, 2.24) is 10.2 Å². The van der Waals surface area contributed by atoms with Gasteiger partial charge in [0.25, 0.3) is 0 Å². The van der Waals surface area contributed by atoms with Gasteiger partial charge in [-0.2, -0.15) is 0 Å². The first-order valence-electron chi connectivity index (χ1n) is 8.52. The van der Waals surface area contributed by atoms with Crippen LogP contribution in [0.1, 0.15) is 52.9 Å². The summed E-state index contributed by atoms with van der Waals surface area (Å²) in [7, 11) is 1.91. The molecule has 0 amide bonds. The second-order valence-corrected chi connectivity index (χ2v) is 7.51. The van der Waals surface area contributed by atoms with E-state index in [0.29, 0.717) is 17.9 Å². The summed E-state index contributed by atoms with van der Waals surface area (Å²) in [5.74, 6) is 0.363. The highest BCUT2D eigenvalue weighted by Crippen LogP contribution is 2.39. The average molecular weight is 296 g/mol. The second-order valence-electron chi connectivity index (χ2n) is 7.51. The van der Waals surface area contributed by atoms with E-state index in [1.54, 1.807) is 0 Å². The number of likely N-dealkylation sites (tertiary alicyclic amines) is 1. The minimum Gasteiger partial charge on any atom is -0.465 e. The van der Waals surface area contributed by atoms with Crippen LogP contribution in [0.25, 0.3) is 0 Å². The number of nitrogens with zero attached hydrogens (tertiary/aromatic N) is 1. The number of esters is 1. The van der Waals surface area contributed by atoms with Crippen LogP contribution in [0.4, 0.5) is 0 Å². The van der Waals surface area contributed by atoms with Crippen molar-refractivity contribution in [3.63, 3.8) is 0 Å². The highest BCUT2D eigenvalue weighted by Gasteiger charge is 2.48. The number of carbonyl (C=O) groups is 1. The fourth-order valence-corrected chi connectivity index (χ4v) is 4.18. The normalized spacial score (nSPS) is 32.5. The van der Waals surface area contributed by atoms with Crippen LogP contribution in [0, 0.1) is 11.3 Å². The Morgan fingerprint density at radius 1 is 1.38 bits per heavy atom. The smallest absolute Gasteiger partial charge is 0.326 e. The van der Waals surface area contributed by atoms with Crippen LogP contribution >= 0.6 is 0 Å². The van der Waals surface area contributed by atoms with E-state index in [1.807, 2.05) is 14.0 Å². The summed E-state index contributed by atoms with van der Waals surface area (Å²) in [6, 6.07) is 0. The Hall–Kier alpha value is -0.610. The summed E-state index contributed by atoms with van der Waals surface area (Å²) in [6.45, 7) is 10.5. The molecule has 2 rings (SSSR count). The van der Waals surface area contributed by atoms with E-state index < -0.39 is 5.54 Å². The van der Waals surface area contributed by atoms with Gasteiger partial charge in [0, 0.05) is 6.54 Å². The van der Waals surface area contributed by atoms with E-state index in [9.17, 15) is 4.79 Å². The van der Waals surface area contributed by atoms with Gasteiger partial charge in [-0.3, -0.25) is 4.79 Å². The molecule has 0 spiro atoms. The number of nitrogens with one attached hydrogen (secondary N) is 1. The van der Waals surface area contributed by atoms with Crippen molar-refractivity contribution < 1.29 is 9.53 Å². The number of carbonyl (C=O) groups excluding carboxylic acids is 1. The lowest BCUT2D eigenvalue weighted by molar-refractivity contribution is -0.153. The van der Waals surface area contributed by atoms with E-state index in [4.69, 9.17) is 4.74 Å². The lowest BCUT2D eigenvalue weighted by Gasteiger charge is -2.34. The lowest BCUT2D eigenvalue weighted by atomic mass is 9.84.